The van der Waals surface area contributed by atoms with Gasteiger partial charge in [-0.05, 0) is 37.8 Å². The standard InChI is InChI=1S/C18H21FN4O3/c1-9-5-11-15(21-9)12(17(20)24)6-13(19)16(11)22-7-10-3-2-4-23(18(25)26)14(10)8-22/h5-6,10,14,21H,2-4,7-8H2,1H3,(H2,20,24)(H,25,26). The summed E-state index contributed by atoms with van der Waals surface area (Å²) < 4.78 is 14.9. The molecule has 2 atom stereocenters. The first-order valence-electron chi connectivity index (χ1n) is 8.73. The van der Waals surface area contributed by atoms with E-state index in [1.54, 1.807) is 6.07 Å². The van der Waals surface area contributed by atoms with Crippen LogP contribution in [0.15, 0.2) is 12.1 Å². The van der Waals surface area contributed by atoms with Crippen LogP contribution in [-0.2, 0) is 0 Å². The van der Waals surface area contributed by atoms with Gasteiger partial charge in [-0.3, -0.25) is 4.79 Å². The Morgan fingerprint density at radius 2 is 2.12 bits per heavy atom. The number of likely N-dealkylation sites (tertiary alicyclic amines) is 1. The van der Waals surface area contributed by atoms with Gasteiger partial charge in [-0.15, -0.1) is 0 Å². The highest BCUT2D eigenvalue weighted by Crippen LogP contribution is 2.39. The zero-order valence-electron chi connectivity index (χ0n) is 14.5. The summed E-state index contributed by atoms with van der Waals surface area (Å²) in [6, 6.07) is 2.84. The lowest BCUT2D eigenvalue weighted by atomic mass is 9.92. The summed E-state index contributed by atoms with van der Waals surface area (Å²) in [5.74, 6) is -1.01. The van der Waals surface area contributed by atoms with Crippen molar-refractivity contribution in [3.63, 3.8) is 0 Å². The van der Waals surface area contributed by atoms with Gasteiger partial charge in [0, 0.05) is 30.7 Å². The number of aryl methyl sites for hydroxylation is 1. The number of rotatable bonds is 2. The number of fused-ring (bicyclic) bond motifs is 2. The monoisotopic (exact) mass is 360 g/mol. The van der Waals surface area contributed by atoms with Crippen LogP contribution in [0, 0.1) is 18.7 Å². The number of H-pyrrole nitrogens is 1. The summed E-state index contributed by atoms with van der Waals surface area (Å²) in [5.41, 5.74) is 7.26. The van der Waals surface area contributed by atoms with Crippen LogP contribution in [0.1, 0.15) is 28.9 Å². The molecule has 0 spiro atoms. The van der Waals surface area contributed by atoms with E-state index in [1.165, 1.54) is 11.0 Å². The Balaban J connectivity index is 1.78. The number of primary amides is 1. The van der Waals surface area contributed by atoms with E-state index in [4.69, 9.17) is 5.73 Å². The number of aromatic nitrogens is 1. The molecule has 3 heterocycles. The van der Waals surface area contributed by atoms with Crippen molar-refractivity contribution in [1.29, 1.82) is 0 Å². The van der Waals surface area contributed by atoms with Gasteiger partial charge in [0.15, 0.2) is 0 Å². The molecule has 1 aromatic heterocycles. The number of hydrogen-bond acceptors (Lipinski definition) is 3. The topological polar surface area (TPSA) is 103 Å². The average Bonchev–Trinajstić information content (AvgIpc) is 3.15. The summed E-state index contributed by atoms with van der Waals surface area (Å²) in [6.07, 6.45) is 0.832. The Bertz CT molecular complexity index is 909. The lowest BCUT2D eigenvalue weighted by molar-refractivity contribution is 0.0963. The normalized spacial score (nSPS) is 22.7. The summed E-state index contributed by atoms with van der Waals surface area (Å²) in [6.45, 7) is 3.40. The van der Waals surface area contributed by atoms with Gasteiger partial charge in [-0.1, -0.05) is 0 Å². The van der Waals surface area contributed by atoms with Crippen LogP contribution in [0.4, 0.5) is 14.9 Å². The number of nitrogens with zero attached hydrogens (tertiary/aromatic N) is 2. The molecule has 4 N–H and O–H groups in total. The predicted octanol–water partition coefficient (Wildman–Crippen LogP) is 2.29. The maximum atomic E-state index is 14.9. The van der Waals surface area contributed by atoms with E-state index < -0.39 is 17.8 Å². The Morgan fingerprint density at radius 3 is 2.81 bits per heavy atom. The number of carbonyl (C=O) groups is 2. The number of hydrogen-bond donors (Lipinski definition) is 3. The molecule has 2 aromatic rings. The van der Waals surface area contributed by atoms with E-state index in [2.05, 4.69) is 4.98 Å². The number of benzene rings is 1. The summed E-state index contributed by atoms with van der Waals surface area (Å²) in [4.78, 5) is 29.7. The molecular formula is C18H21FN4O3. The van der Waals surface area contributed by atoms with Crippen LogP contribution in [0.5, 0.6) is 0 Å². The smallest absolute Gasteiger partial charge is 0.407 e. The fraction of sp³-hybridized carbons (Fsp3) is 0.444. The fourth-order valence-corrected chi connectivity index (χ4v) is 4.50. The SMILES string of the molecule is Cc1cc2c(N3CC4CCCN(C(=O)O)C4C3)c(F)cc(C(N)=O)c2[nH]1. The van der Waals surface area contributed by atoms with Crippen molar-refractivity contribution in [2.75, 3.05) is 24.5 Å². The third-order valence-electron chi connectivity index (χ3n) is 5.58. The van der Waals surface area contributed by atoms with Gasteiger partial charge in [-0.2, -0.15) is 0 Å². The molecule has 0 radical (unpaired) electrons. The molecule has 138 valence electrons. The van der Waals surface area contributed by atoms with E-state index in [-0.39, 0.29) is 17.5 Å². The fourth-order valence-electron chi connectivity index (χ4n) is 4.50. The van der Waals surface area contributed by atoms with Gasteiger partial charge < -0.3 is 25.6 Å². The molecule has 26 heavy (non-hydrogen) atoms. The summed E-state index contributed by atoms with van der Waals surface area (Å²) >= 11 is 0. The second kappa shape index (κ2) is 5.89. The van der Waals surface area contributed by atoms with Crippen molar-refractivity contribution >= 4 is 28.6 Å². The van der Waals surface area contributed by atoms with Crippen molar-refractivity contribution in [1.82, 2.24) is 9.88 Å². The Morgan fingerprint density at radius 1 is 1.35 bits per heavy atom. The lowest BCUT2D eigenvalue weighted by Crippen LogP contribution is -2.47. The van der Waals surface area contributed by atoms with E-state index in [1.807, 2.05) is 11.8 Å². The van der Waals surface area contributed by atoms with Crippen LogP contribution >= 0.6 is 0 Å². The number of anilines is 1. The van der Waals surface area contributed by atoms with Crippen LogP contribution in [-0.4, -0.2) is 52.7 Å². The van der Waals surface area contributed by atoms with Gasteiger partial charge in [0.1, 0.15) is 5.82 Å². The van der Waals surface area contributed by atoms with E-state index in [0.717, 1.165) is 18.5 Å². The number of halogens is 1. The van der Waals surface area contributed by atoms with Gasteiger partial charge in [-0.25, -0.2) is 9.18 Å². The number of carboxylic acid groups (broad SMARTS) is 1. The number of nitrogens with one attached hydrogen (secondary N) is 1. The van der Waals surface area contributed by atoms with Crippen molar-refractivity contribution in [2.45, 2.75) is 25.8 Å². The Labute approximate surface area is 149 Å². The molecule has 2 amide bonds. The summed E-state index contributed by atoms with van der Waals surface area (Å²) in [5, 5.41) is 10.1. The number of amides is 2. The third-order valence-corrected chi connectivity index (χ3v) is 5.58. The van der Waals surface area contributed by atoms with Crippen LogP contribution in [0.2, 0.25) is 0 Å². The van der Waals surface area contributed by atoms with E-state index in [0.29, 0.717) is 36.2 Å². The minimum atomic E-state index is -0.922. The first-order valence-corrected chi connectivity index (χ1v) is 8.73. The molecule has 4 rings (SSSR count). The Kier molecular flexibility index (Phi) is 3.78. The Hall–Kier alpha value is -2.77. The summed E-state index contributed by atoms with van der Waals surface area (Å²) in [7, 11) is 0. The minimum absolute atomic E-state index is 0.123. The predicted molar refractivity (Wildman–Crippen MR) is 95.0 cm³/mol. The largest absolute Gasteiger partial charge is 0.465 e. The molecule has 0 bridgehead atoms. The molecule has 2 fully saturated rings. The zero-order valence-corrected chi connectivity index (χ0v) is 14.5. The second-order valence-electron chi connectivity index (χ2n) is 7.21. The van der Waals surface area contributed by atoms with E-state index >= 15 is 0 Å². The molecule has 2 aliphatic rings. The highest BCUT2D eigenvalue weighted by atomic mass is 19.1. The van der Waals surface area contributed by atoms with Crippen molar-refractivity contribution in [2.24, 2.45) is 11.7 Å². The molecule has 2 unspecified atom stereocenters. The van der Waals surface area contributed by atoms with E-state index in [9.17, 15) is 19.1 Å². The lowest BCUT2D eigenvalue weighted by Gasteiger charge is -2.34. The van der Waals surface area contributed by atoms with Crippen molar-refractivity contribution in [3.05, 3.63) is 29.2 Å². The third kappa shape index (κ3) is 2.48. The molecule has 0 saturated carbocycles. The highest BCUT2D eigenvalue weighted by molar-refractivity contribution is 6.09. The van der Waals surface area contributed by atoms with Gasteiger partial charge in [0.05, 0.1) is 22.8 Å². The maximum Gasteiger partial charge on any atom is 0.407 e. The quantitative estimate of drug-likeness (QED) is 0.764. The van der Waals surface area contributed by atoms with Crippen molar-refractivity contribution in [3.8, 4) is 0 Å². The van der Waals surface area contributed by atoms with Gasteiger partial charge in [0.2, 0.25) is 0 Å². The number of aromatic amines is 1. The molecule has 2 aliphatic heterocycles. The maximum absolute atomic E-state index is 14.9. The van der Waals surface area contributed by atoms with Gasteiger partial charge in [0.25, 0.3) is 5.91 Å². The molecule has 7 nitrogen and oxygen atoms in total. The molecular weight excluding hydrogens is 339 g/mol. The molecule has 8 heteroatoms. The van der Waals surface area contributed by atoms with Crippen LogP contribution < -0.4 is 10.6 Å². The molecule has 2 saturated heterocycles. The first kappa shape index (κ1) is 16.7. The number of piperidine rings is 1. The van der Waals surface area contributed by atoms with Gasteiger partial charge >= 0.3 is 6.09 Å². The van der Waals surface area contributed by atoms with Crippen LogP contribution in [0.3, 0.4) is 0 Å². The minimum Gasteiger partial charge on any atom is -0.465 e. The molecule has 1 aromatic carbocycles. The first-order chi connectivity index (χ1) is 12.4. The zero-order chi connectivity index (χ0) is 18.6. The molecule has 0 aliphatic carbocycles. The average molecular weight is 360 g/mol. The number of nitrogens with two attached hydrogens (primary N) is 1. The van der Waals surface area contributed by atoms with Crippen LogP contribution in [0.25, 0.3) is 10.9 Å². The van der Waals surface area contributed by atoms with Crippen molar-refractivity contribution < 1.29 is 19.1 Å². The highest BCUT2D eigenvalue weighted by Gasteiger charge is 2.42. The second-order valence-corrected chi connectivity index (χ2v) is 7.21. The number of carbonyl (C=O) groups excluding carboxylic acids is 1.